The van der Waals surface area contributed by atoms with Crippen LogP contribution in [0.3, 0.4) is 0 Å². The van der Waals surface area contributed by atoms with Crippen LogP contribution in [-0.4, -0.2) is 49.6 Å². The maximum atomic E-state index is 13.0. The number of amides is 1. The lowest BCUT2D eigenvalue weighted by Crippen LogP contribution is -2.38. The predicted molar refractivity (Wildman–Crippen MR) is 83.6 cm³/mol. The first kappa shape index (κ1) is 13.9. The largest absolute Gasteiger partial charge is 0.481 e. The first-order valence-corrected chi connectivity index (χ1v) is 8.50. The van der Waals surface area contributed by atoms with Crippen LogP contribution in [0, 0.1) is 17.8 Å². The Kier molecular flexibility index (Phi) is 2.78. The number of carbonyl (C=O) groups excluding carboxylic acids is 1. The Balaban J connectivity index is 1.46. The third-order valence-corrected chi connectivity index (χ3v) is 5.66. The van der Waals surface area contributed by atoms with Gasteiger partial charge in [0.15, 0.2) is 5.65 Å². The molecule has 2 aromatic rings. The van der Waals surface area contributed by atoms with E-state index in [1.807, 2.05) is 12.1 Å². The Morgan fingerprint density at radius 1 is 1.21 bits per heavy atom. The van der Waals surface area contributed by atoms with Crippen molar-refractivity contribution >= 4 is 17.5 Å². The number of rotatable bonds is 3. The fourth-order valence-corrected chi connectivity index (χ4v) is 4.12. The van der Waals surface area contributed by atoms with Crippen LogP contribution in [-0.2, 0) is 4.79 Å². The highest BCUT2D eigenvalue weighted by Crippen LogP contribution is 2.51. The van der Waals surface area contributed by atoms with Crippen molar-refractivity contribution in [3.63, 3.8) is 0 Å². The van der Waals surface area contributed by atoms with Crippen molar-refractivity contribution in [2.45, 2.75) is 25.2 Å². The topological polar surface area (TPSA) is 87.8 Å². The minimum absolute atomic E-state index is 0.0671. The van der Waals surface area contributed by atoms with Crippen molar-refractivity contribution in [3.8, 4) is 0 Å². The van der Waals surface area contributed by atoms with Crippen LogP contribution >= 0.6 is 0 Å². The van der Waals surface area contributed by atoms with Gasteiger partial charge in [-0.05, 0) is 37.2 Å². The van der Waals surface area contributed by atoms with E-state index in [1.54, 1.807) is 15.6 Å². The second kappa shape index (κ2) is 4.78. The summed E-state index contributed by atoms with van der Waals surface area (Å²) in [5.41, 5.74) is 2.21. The standard InChI is InChI=1S/C17H18N4O3/c22-16(20-6-4-10-11(8-20)15(10)17(23)24)13-7-12(9-1-2-9)19-14-3-5-18-21(13)14/h3,5,7,9-11,15H,1-2,4,6,8H2,(H,23,24)/t10-,11+,15-/m1/s1. The van der Waals surface area contributed by atoms with Gasteiger partial charge in [-0.2, -0.15) is 5.10 Å². The van der Waals surface area contributed by atoms with E-state index in [-0.39, 0.29) is 23.7 Å². The number of fused-ring (bicyclic) bond motifs is 2. The van der Waals surface area contributed by atoms with Crippen molar-refractivity contribution in [1.82, 2.24) is 19.5 Å². The number of carboxylic acid groups (broad SMARTS) is 1. The molecule has 2 aromatic heterocycles. The van der Waals surface area contributed by atoms with E-state index >= 15 is 0 Å². The van der Waals surface area contributed by atoms with Gasteiger partial charge in [0.2, 0.25) is 0 Å². The number of likely N-dealkylation sites (tertiary alicyclic amines) is 1. The van der Waals surface area contributed by atoms with Gasteiger partial charge in [-0.15, -0.1) is 0 Å². The molecule has 7 nitrogen and oxygen atoms in total. The summed E-state index contributed by atoms with van der Waals surface area (Å²) in [5, 5.41) is 13.5. The third-order valence-electron chi connectivity index (χ3n) is 5.66. The van der Waals surface area contributed by atoms with Crippen LogP contribution in [0.5, 0.6) is 0 Å². The van der Waals surface area contributed by atoms with E-state index in [4.69, 9.17) is 0 Å². The summed E-state index contributed by atoms with van der Waals surface area (Å²) < 4.78 is 1.60. The van der Waals surface area contributed by atoms with Crippen molar-refractivity contribution in [2.24, 2.45) is 17.8 Å². The first-order valence-electron chi connectivity index (χ1n) is 8.50. The van der Waals surface area contributed by atoms with Crippen LogP contribution in [0.1, 0.15) is 41.4 Å². The minimum atomic E-state index is -0.728. The van der Waals surface area contributed by atoms with E-state index in [0.717, 1.165) is 25.0 Å². The molecule has 0 aromatic carbocycles. The van der Waals surface area contributed by atoms with E-state index in [2.05, 4.69) is 10.1 Å². The average molecular weight is 326 g/mol. The smallest absolute Gasteiger partial charge is 0.307 e. The van der Waals surface area contributed by atoms with E-state index in [0.29, 0.717) is 30.3 Å². The minimum Gasteiger partial charge on any atom is -0.481 e. The number of hydrogen-bond acceptors (Lipinski definition) is 4. The summed E-state index contributed by atoms with van der Waals surface area (Å²) >= 11 is 0. The first-order chi connectivity index (χ1) is 11.6. The predicted octanol–water partition coefficient (Wildman–Crippen LogP) is 1.40. The van der Waals surface area contributed by atoms with E-state index in [9.17, 15) is 14.7 Å². The van der Waals surface area contributed by atoms with Gasteiger partial charge in [0.25, 0.3) is 5.91 Å². The van der Waals surface area contributed by atoms with Gasteiger partial charge in [-0.1, -0.05) is 0 Å². The molecule has 2 saturated carbocycles. The maximum Gasteiger partial charge on any atom is 0.307 e. The second-order valence-corrected chi connectivity index (χ2v) is 7.17. The summed E-state index contributed by atoms with van der Waals surface area (Å²) in [6.45, 7) is 1.15. The van der Waals surface area contributed by atoms with Gasteiger partial charge in [-0.3, -0.25) is 9.59 Å². The molecule has 1 saturated heterocycles. The molecule has 3 atom stereocenters. The van der Waals surface area contributed by atoms with Crippen LogP contribution in [0.15, 0.2) is 18.3 Å². The Hall–Kier alpha value is -2.44. The van der Waals surface area contributed by atoms with E-state index in [1.165, 1.54) is 0 Å². The van der Waals surface area contributed by atoms with Gasteiger partial charge >= 0.3 is 5.97 Å². The third kappa shape index (κ3) is 2.03. The van der Waals surface area contributed by atoms with Crippen molar-refractivity contribution in [3.05, 3.63) is 29.7 Å². The maximum absolute atomic E-state index is 13.0. The highest BCUT2D eigenvalue weighted by atomic mass is 16.4. The lowest BCUT2D eigenvalue weighted by Gasteiger charge is -2.26. The normalized spacial score (nSPS) is 28.7. The summed E-state index contributed by atoms with van der Waals surface area (Å²) in [4.78, 5) is 30.6. The number of carbonyl (C=O) groups is 2. The number of nitrogens with zero attached hydrogens (tertiary/aromatic N) is 4. The zero-order valence-electron chi connectivity index (χ0n) is 13.1. The summed E-state index contributed by atoms with van der Waals surface area (Å²) in [6.07, 6.45) is 4.68. The van der Waals surface area contributed by atoms with Crippen molar-refractivity contribution < 1.29 is 14.7 Å². The van der Waals surface area contributed by atoms with Gasteiger partial charge in [0, 0.05) is 30.8 Å². The van der Waals surface area contributed by atoms with Crippen molar-refractivity contribution in [2.75, 3.05) is 13.1 Å². The number of aromatic nitrogens is 3. The lowest BCUT2D eigenvalue weighted by molar-refractivity contribution is -0.139. The molecule has 0 spiro atoms. The van der Waals surface area contributed by atoms with Crippen LogP contribution < -0.4 is 0 Å². The van der Waals surface area contributed by atoms with Crippen molar-refractivity contribution in [1.29, 1.82) is 0 Å². The quantitative estimate of drug-likeness (QED) is 0.921. The summed E-state index contributed by atoms with van der Waals surface area (Å²) in [7, 11) is 0. The Morgan fingerprint density at radius 3 is 2.79 bits per heavy atom. The van der Waals surface area contributed by atoms with E-state index < -0.39 is 5.97 Å². The molecule has 3 fully saturated rings. The molecule has 24 heavy (non-hydrogen) atoms. The summed E-state index contributed by atoms with van der Waals surface area (Å²) in [5.74, 6) is -0.251. The fraction of sp³-hybridized carbons (Fsp3) is 0.529. The second-order valence-electron chi connectivity index (χ2n) is 7.17. The molecular weight excluding hydrogens is 308 g/mol. The lowest BCUT2D eigenvalue weighted by atomic mass is 10.1. The molecule has 5 rings (SSSR count). The molecule has 0 radical (unpaired) electrons. The molecule has 1 N–H and O–H groups in total. The Labute approximate surface area is 138 Å². The van der Waals surface area contributed by atoms with Gasteiger partial charge in [0.05, 0.1) is 12.1 Å². The molecule has 1 aliphatic heterocycles. The molecule has 3 heterocycles. The summed E-state index contributed by atoms with van der Waals surface area (Å²) in [6, 6.07) is 3.68. The number of aliphatic carboxylic acids is 1. The Morgan fingerprint density at radius 2 is 2.04 bits per heavy atom. The Bertz CT molecular complexity index is 857. The molecule has 0 bridgehead atoms. The molecule has 2 aliphatic carbocycles. The fourth-order valence-electron chi connectivity index (χ4n) is 4.12. The number of piperidine rings is 1. The van der Waals surface area contributed by atoms with Crippen LogP contribution in [0.2, 0.25) is 0 Å². The molecule has 1 amide bonds. The van der Waals surface area contributed by atoms with Crippen LogP contribution in [0.4, 0.5) is 0 Å². The zero-order valence-corrected chi connectivity index (χ0v) is 13.1. The van der Waals surface area contributed by atoms with Gasteiger partial charge < -0.3 is 10.0 Å². The SMILES string of the molecule is O=C(O)[C@@H]1[C@@H]2CCN(C(=O)c3cc(C4CC4)nc4ccnn34)C[C@@H]21. The highest BCUT2D eigenvalue weighted by molar-refractivity contribution is 5.93. The molecule has 124 valence electrons. The number of carboxylic acids is 1. The van der Waals surface area contributed by atoms with Gasteiger partial charge in [0.1, 0.15) is 5.69 Å². The monoisotopic (exact) mass is 326 g/mol. The number of hydrogen-bond donors (Lipinski definition) is 1. The molecule has 7 heteroatoms. The zero-order chi connectivity index (χ0) is 16.4. The average Bonchev–Trinajstić information content (AvgIpc) is 3.48. The molecule has 0 unspecified atom stereocenters. The molecular formula is C17H18N4O3. The van der Waals surface area contributed by atoms with Crippen LogP contribution in [0.25, 0.3) is 5.65 Å². The van der Waals surface area contributed by atoms with Gasteiger partial charge in [-0.25, -0.2) is 9.50 Å². The highest BCUT2D eigenvalue weighted by Gasteiger charge is 2.57. The molecule has 3 aliphatic rings.